The SMILES string of the molecule is CCOC(=O)[C@H](C(C)C)N(C#Cc1ccccc1)S(=O)(=O)c1ccc(C)cc1. The van der Waals surface area contributed by atoms with Crippen LogP contribution in [-0.4, -0.2) is 31.3 Å². The molecule has 2 aromatic carbocycles. The molecule has 0 bridgehead atoms. The predicted octanol–water partition coefficient (Wildman–Crippen LogP) is 3.58. The number of hydrogen-bond acceptors (Lipinski definition) is 4. The molecular formula is C22H25NO4S. The highest BCUT2D eigenvalue weighted by molar-refractivity contribution is 7.89. The van der Waals surface area contributed by atoms with Gasteiger partial charge in [0.05, 0.1) is 11.5 Å². The fourth-order valence-corrected chi connectivity index (χ4v) is 4.11. The third kappa shape index (κ3) is 5.14. The van der Waals surface area contributed by atoms with Crippen LogP contribution < -0.4 is 0 Å². The summed E-state index contributed by atoms with van der Waals surface area (Å²) < 4.78 is 32.7. The number of esters is 1. The average Bonchev–Trinajstić information content (AvgIpc) is 2.65. The van der Waals surface area contributed by atoms with Crippen LogP contribution in [0.2, 0.25) is 0 Å². The second-order valence-corrected chi connectivity index (χ2v) is 8.47. The van der Waals surface area contributed by atoms with Crippen LogP contribution in [0.5, 0.6) is 0 Å². The first-order valence-electron chi connectivity index (χ1n) is 9.11. The number of ether oxygens (including phenoxy) is 1. The van der Waals surface area contributed by atoms with Crippen molar-refractivity contribution in [3.8, 4) is 12.0 Å². The fraction of sp³-hybridized carbons (Fsp3) is 0.318. The highest BCUT2D eigenvalue weighted by Gasteiger charge is 2.37. The zero-order chi connectivity index (χ0) is 20.7. The minimum absolute atomic E-state index is 0.0791. The molecule has 6 heteroatoms. The van der Waals surface area contributed by atoms with Gasteiger partial charge in [0.1, 0.15) is 0 Å². The average molecular weight is 400 g/mol. The van der Waals surface area contributed by atoms with Crippen molar-refractivity contribution in [3.05, 3.63) is 65.7 Å². The lowest BCUT2D eigenvalue weighted by atomic mass is 10.1. The summed E-state index contributed by atoms with van der Waals surface area (Å²) in [7, 11) is -4.04. The number of nitrogens with zero attached hydrogens (tertiary/aromatic N) is 1. The second-order valence-electron chi connectivity index (χ2n) is 6.66. The molecular weight excluding hydrogens is 374 g/mol. The third-order valence-corrected chi connectivity index (χ3v) is 5.78. The van der Waals surface area contributed by atoms with Crippen molar-refractivity contribution in [3.63, 3.8) is 0 Å². The summed E-state index contributed by atoms with van der Waals surface area (Å²) in [5.74, 6) is 1.91. The molecule has 2 rings (SSSR count). The topological polar surface area (TPSA) is 63.7 Å². The number of rotatable bonds is 6. The molecule has 0 spiro atoms. The first kappa shape index (κ1) is 21.5. The molecule has 148 valence electrons. The quantitative estimate of drug-likeness (QED) is 0.423. The fourth-order valence-electron chi connectivity index (χ4n) is 2.61. The molecule has 0 amide bonds. The zero-order valence-corrected chi connectivity index (χ0v) is 17.4. The molecule has 2 aromatic rings. The molecule has 0 unspecified atom stereocenters. The molecule has 0 heterocycles. The Hall–Kier alpha value is -2.78. The molecule has 5 nitrogen and oxygen atoms in total. The summed E-state index contributed by atoms with van der Waals surface area (Å²) >= 11 is 0. The van der Waals surface area contributed by atoms with Gasteiger partial charge in [-0.25, -0.2) is 17.5 Å². The number of aryl methyl sites for hydroxylation is 1. The number of carbonyl (C=O) groups is 1. The Bertz CT molecular complexity index is 955. The van der Waals surface area contributed by atoms with Gasteiger partial charge in [-0.1, -0.05) is 49.7 Å². The molecule has 0 saturated carbocycles. The van der Waals surface area contributed by atoms with Crippen LogP contribution in [0.15, 0.2) is 59.5 Å². The third-order valence-electron chi connectivity index (χ3n) is 4.07. The number of carbonyl (C=O) groups excluding carboxylic acids is 1. The van der Waals surface area contributed by atoms with Crippen molar-refractivity contribution in [2.75, 3.05) is 6.61 Å². The lowest BCUT2D eigenvalue weighted by Crippen LogP contribution is -2.46. The van der Waals surface area contributed by atoms with Crippen LogP contribution in [-0.2, 0) is 19.6 Å². The Morgan fingerprint density at radius 2 is 1.68 bits per heavy atom. The minimum atomic E-state index is -4.04. The van der Waals surface area contributed by atoms with Gasteiger partial charge in [-0.05, 0) is 50.0 Å². The summed E-state index contributed by atoms with van der Waals surface area (Å²) in [6.07, 6.45) is 0. The number of benzene rings is 2. The molecule has 1 atom stereocenters. The van der Waals surface area contributed by atoms with Crippen LogP contribution in [0.1, 0.15) is 31.9 Å². The molecule has 0 aliphatic carbocycles. The lowest BCUT2D eigenvalue weighted by molar-refractivity contribution is -0.148. The van der Waals surface area contributed by atoms with E-state index in [0.717, 1.165) is 9.87 Å². The Kier molecular flexibility index (Phi) is 7.24. The van der Waals surface area contributed by atoms with E-state index in [9.17, 15) is 13.2 Å². The summed E-state index contributed by atoms with van der Waals surface area (Å²) in [6.45, 7) is 7.25. The summed E-state index contributed by atoms with van der Waals surface area (Å²) in [5, 5.41) is 0. The van der Waals surface area contributed by atoms with Gasteiger partial charge in [0.2, 0.25) is 0 Å². The van der Waals surface area contributed by atoms with Crippen LogP contribution in [0.25, 0.3) is 0 Å². The summed E-state index contributed by atoms with van der Waals surface area (Å²) in [6, 6.07) is 17.1. The largest absolute Gasteiger partial charge is 0.464 e. The standard InChI is InChI=1S/C22H25NO4S/c1-5-27-22(24)21(17(2)3)23(16-15-19-9-7-6-8-10-19)28(25,26)20-13-11-18(4)12-14-20/h6-14,17,21H,5H2,1-4H3/t21-/m0/s1. The minimum Gasteiger partial charge on any atom is -0.464 e. The second kappa shape index (κ2) is 9.43. The van der Waals surface area contributed by atoms with Crippen molar-refractivity contribution < 1.29 is 17.9 Å². The van der Waals surface area contributed by atoms with E-state index in [1.54, 1.807) is 45.0 Å². The van der Waals surface area contributed by atoms with E-state index in [2.05, 4.69) is 12.0 Å². The normalized spacial score (nSPS) is 12.0. The molecule has 28 heavy (non-hydrogen) atoms. The van der Waals surface area contributed by atoms with E-state index in [4.69, 9.17) is 4.74 Å². The highest BCUT2D eigenvalue weighted by Crippen LogP contribution is 2.23. The smallest absolute Gasteiger partial charge is 0.331 e. The van der Waals surface area contributed by atoms with Gasteiger partial charge in [0, 0.05) is 11.6 Å². The maximum absolute atomic E-state index is 13.3. The van der Waals surface area contributed by atoms with Gasteiger partial charge < -0.3 is 4.74 Å². The monoisotopic (exact) mass is 399 g/mol. The van der Waals surface area contributed by atoms with Gasteiger partial charge in [-0.2, -0.15) is 0 Å². The van der Waals surface area contributed by atoms with Crippen molar-refractivity contribution in [2.45, 2.75) is 38.6 Å². The zero-order valence-electron chi connectivity index (χ0n) is 16.5. The van der Waals surface area contributed by atoms with Gasteiger partial charge >= 0.3 is 5.97 Å². The van der Waals surface area contributed by atoms with E-state index in [0.29, 0.717) is 5.56 Å². The van der Waals surface area contributed by atoms with E-state index >= 15 is 0 Å². The van der Waals surface area contributed by atoms with E-state index < -0.39 is 22.0 Å². The molecule has 0 radical (unpaired) electrons. The Balaban J connectivity index is 2.59. The Labute approximate surface area is 167 Å². The Morgan fingerprint density at radius 1 is 1.07 bits per heavy atom. The molecule has 0 aliphatic rings. The molecule has 0 fully saturated rings. The van der Waals surface area contributed by atoms with Crippen LogP contribution in [0.4, 0.5) is 0 Å². The van der Waals surface area contributed by atoms with Crippen LogP contribution in [0, 0.1) is 24.8 Å². The van der Waals surface area contributed by atoms with Crippen molar-refractivity contribution in [1.29, 1.82) is 0 Å². The summed E-state index contributed by atoms with van der Waals surface area (Å²) in [4.78, 5) is 12.7. The Morgan fingerprint density at radius 3 is 2.21 bits per heavy atom. The highest BCUT2D eigenvalue weighted by atomic mass is 32.2. The maximum atomic E-state index is 13.3. The van der Waals surface area contributed by atoms with Gasteiger partial charge in [0.25, 0.3) is 10.0 Å². The maximum Gasteiger partial charge on any atom is 0.331 e. The van der Waals surface area contributed by atoms with Gasteiger partial charge in [0.15, 0.2) is 6.04 Å². The van der Waals surface area contributed by atoms with Crippen LogP contribution >= 0.6 is 0 Å². The van der Waals surface area contributed by atoms with Crippen molar-refractivity contribution >= 4 is 16.0 Å². The van der Waals surface area contributed by atoms with E-state index in [-0.39, 0.29) is 17.4 Å². The molecule has 0 aliphatic heterocycles. The predicted molar refractivity (Wildman–Crippen MR) is 109 cm³/mol. The molecule has 0 aromatic heterocycles. The van der Waals surface area contributed by atoms with Gasteiger partial charge in [-0.15, -0.1) is 0 Å². The lowest BCUT2D eigenvalue weighted by Gasteiger charge is -2.28. The van der Waals surface area contributed by atoms with E-state index in [1.807, 2.05) is 25.1 Å². The van der Waals surface area contributed by atoms with Crippen molar-refractivity contribution in [1.82, 2.24) is 4.31 Å². The summed E-state index contributed by atoms with van der Waals surface area (Å²) in [5.41, 5.74) is 1.59. The van der Waals surface area contributed by atoms with E-state index in [1.165, 1.54) is 12.1 Å². The van der Waals surface area contributed by atoms with Crippen LogP contribution in [0.3, 0.4) is 0 Å². The first-order valence-corrected chi connectivity index (χ1v) is 10.6. The first-order chi connectivity index (χ1) is 13.3. The number of hydrogen-bond donors (Lipinski definition) is 0. The van der Waals surface area contributed by atoms with Crippen molar-refractivity contribution in [2.24, 2.45) is 5.92 Å². The molecule has 0 saturated heterocycles. The number of sulfonamides is 1. The van der Waals surface area contributed by atoms with Gasteiger partial charge in [-0.3, -0.25) is 0 Å². The molecule has 0 N–H and O–H groups in total.